The molecule has 0 amide bonds. The zero-order chi connectivity index (χ0) is 21.1. The van der Waals surface area contributed by atoms with Gasteiger partial charge < -0.3 is 4.90 Å². The average Bonchev–Trinajstić information content (AvgIpc) is 3.28. The molecule has 0 spiro atoms. The Morgan fingerprint density at radius 3 is 2.27 bits per heavy atom. The van der Waals surface area contributed by atoms with Crippen LogP contribution in [0.15, 0.2) is 70.7 Å². The molecule has 3 nitrogen and oxygen atoms in total. The van der Waals surface area contributed by atoms with Gasteiger partial charge in [0.2, 0.25) is 5.95 Å². The Morgan fingerprint density at radius 2 is 1.63 bits per heavy atom. The second-order valence-corrected chi connectivity index (χ2v) is 8.50. The first-order valence-corrected chi connectivity index (χ1v) is 10.7. The Bertz CT molecular complexity index is 985. The van der Waals surface area contributed by atoms with Gasteiger partial charge in [-0.15, -0.1) is 0 Å². The highest BCUT2D eigenvalue weighted by Crippen LogP contribution is 2.39. The van der Waals surface area contributed by atoms with E-state index >= 15 is 0 Å². The summed E-state index contributed by atoms with van der Waals surface area (Å²) in [4.78, 5) is 10.7. The van der Waals surface area contributed by atoms with Crippen LogP contribution >= 0.6 is 11.8 Å². The highest BCUT2D eigenvalue weighted by Gasteiger charge is 2.35. The largest absolute Gasteiger partial charge is 0.420 e. The van der Waals surface area contributed by atoms with E-state index in [-0.39, 0.29) is 11.0 Å². The fraction of sp³-hybridized carbons (Fsp3) is 0.304. The number of nitrogens with zero attached hydrogens (tertiary/aromatic N) is 3. The highest BCUT2D eigenvalue weighted by atomic mass is 32.2. The van der Waals surface area contributed by atoms with Crippen molar-refractivity contribution in [3.8, 4) is 0 Å². The summed E-state index contributed by atoms with van der Waals surface area (Å²) in [6.07, 6.45) is 1.34. The van der Waals surface area contributed by atoms with Crippen molar-refractivity contribution in [1.82, 2.24) is 9.97 Å². The summed E-state index contributed by atoms with van der Waals surface area (Å²) in [5.74, 6) is 0.843. The fourth-order valence-electron chi connectivity index (χ4n) is 3.74. The summed E-state index contributed by atoms with van der Waals surface area (Å²) >= 11 is 0.989. The molecule has 0 unspecified atom stereocenters. The van der Waals surface area contributed by atoms with Gasteiger partial charge in [0.15, 0.2) is 0 Å². The first kappa shape index (κ1) is 20.7. The Hall–Kier alpha value is -2.54. The van der Waals surface area contributed by atoms with Gasteiger partial charge in [0.25, 0.3) is 0 Å². The van der Waals surface area contributed by atoms with Crippen molar-refractivity contribution in [1.29, 1.82) is 0 Å². The van der Waals surface area contributed by atoms with Crippen LogP contribution in [0, 0.1) is 0 Å². The predicted molar refractivity (Wildman–Crippen MR) is 113 cm³/mol. The summed E-state index contributed by atoms with van der Waals surface area (Å²) in [5, 5.41) is -0.104. The minimum atomic E-state index is -4.52. The van der Waals surface area contributed by atoms with E-state index in [9.17, 15) is 13.2 Å². The molecular weight excluding hydrogens is 407 g/mol. The molecule has 0 bridgehead atoms. The van der Waals surface area contributed by atoms with E-state index in [4.69, 9.17) is 0 Å². The van der Waals surface area contributed by atoms with Crippen LogP contribution in [0.5, 0.6) is 0 Å². The third-order valence-electron chi connectivity index (χ3n) is 5.41. The molecule has 1 aliphatic carbocycles. The molecule has 1 aliphatic rings. The summed E-state index contributed by atoms with van der Waals surface area (Å²) in [6, 6.07) is 17.1. The molecule has 7 heteroatoms. The van der Waals surface area contributed by atoms with Crippen LogP contribution in [-0.2, 0) is 6.18 Å². The zero-order valence-electron chi connectivity index (χ0n) is 16.6. The van der Waals surface area contributed by atoms with Crippen molar-refractivity contribution in [3.05, 3.63) is 71.9 Å². The highest BCUT2D eigenvalue weighted by molar-refractivity contribution is 7.99. The van der Waals surface area contributed by atoms with E-state index in [2.05, 4.69) is 22.1 Å². The predicted octanol–water partition coefficient (Wildman–Crippen LogP) is 7.07. The molecule has 0 aliphatic heterocycles. The topological polar surface area (TPSA) is 29.0 Å². The van der Waals surface area contributed by atoms with Crippen LogP contribution < -0.4 is 4.90 Å². The van der Waals surface area contributed by atoms with Crippen LogP contribution in [0.1, 0.15) is 42.7 Å². The average molecular weight is 430 g/mol. The molecule has 0 atom stereocenters. The van der Waals surface area contributed by atoms with Crippen LogP contribution in [0.2, 0.25) is 0 Å². The molecule has 2 aromatic carbocycles. The van der Waals surface area contributed by atoms with E-state index in [0.29, 0.717) is 10.8 Å². The number of anilines is 2. The molecule has 1 aromatic heterocycles. The van der Waals surface area contributed by atoms with Gasteiger partial charge in [0.1, 0.15) is 10.6 Å². The smallest absolute Gasteiger partial charge is 0.314 e. The maximum atomic E-state index is 13.5. The monoisotopic (exact) mass is 429 g/mol. The second-order valence-electron chi connectivity index (χ2n) is 7.43. The van der Waals surface area contributed by atoms with Crippen LogP contribution in [-0.4, -0.2) is 17.0 Å². The van der Waals surface area contributed by atoms with Gasteiger partial charge in [0.05, 0.1) is 0 Å². The van der Waals surface area contributed by atoms with Crippen LogP contribution in [0.25, 0.3) is 0 Å². The molecule has 1 saturated carbocycles. The zero-order valence-corrected chi connectivity index (χ0v) is 17.4. The summed E-state index contributed by atoms with van der Waals surface area (Å²) < 4.78 is 40.5. The molecule has 4 rings (SSSR count). The van der Waals surface area contributed by atoms with Crippen LogP contribution in [0.3, 0.4) is 0 Å². The number of halogens is 3. The maximum absolute atomic E-state index is 13.5. The molecule has 0 radical (unpaired) electrons. The lowest BCUT2D eigenvalue weighted by atomic mass is 9.97. The maximum Gasteiger partial charge on any atom is 0.420 e. The van der Waals surface area contributed by atoms with Crippen molar-refractivity contribution in [2.24, 2.45) is 0 Å². The Kier molecular flexibility index (Phi) is 5.99. The molecule has 0 N–H and O–H groups in total. The third kappa shape index (κ3) is 4.61. The number of rotatable bonds is 5. The van der Waals surface area contributed by atoms with Gasteiger partial charge >= 0.3 is 6.18 Å². The number of benzene rings is 2. The molecule has 156 valence electrons. The first-order chi connectivity index (χ1) is 14.4. The number of aromatic nitrogens is 2. The molecule has 30 heavy (non-hydrogen) atoms. The lowest BCUT2D eigenvalue weighted by Crippen LogP contribution is -2.16. The number of hydrogen-bond donors (Lipinski definition) is 0. The van der Waals surface area contributed by atoms with Crippen molar-refractivity contribution in [3.63, 3.8) is 0 Å². The Balaban J connectivity index is 1.62. The van der Waals surface area contributed by atoms with Gasteiger partial charge in [-0.05, 0) is 48.6 Å². The summed E-state index contributed by atoms with van der Waals surface area (Å²) in [6.45, 7) is 0. The Morgan fingerprint density at radius 1 is 0.967 bits per heavy atom. The van der Waals surface area contributed by atoms with E-state index in [1.54, 1.807) is 36.2 Å². The van der Waals surface area contributed by atoms with Gasteiger partial charge in [-0.3, -0.25) is 0 Å². The third-order valence-corrected chi connectivity index (χ3v) is 6.42. The second kappa shape index (κ2) is 8.68. The summed E-state index contributed by atoms with van der Waals surface area (Å²) in [5.41, 5.74) is 1.33. The minimum Gasteiger partial charge on any atom is -0.314 e. The normalized spacial score (nSPS) is 14.8. The van der Waals surface area contributed by atoms with Crippen LogP contribution in [0.4, 0.5) is 24.8 Å². The van der Waals surface area contributed by atoms with Crippen molar-refractivity contribution in [2.75, 3.05) is 11.9 Å². The Labute approximate surface area is 178 Å². The molecule has 0 saturated heterocycles. The quantitative estimate of drug-likeness (QED) is 0.406. The molecule has 3 aromatic rings. The van der Waals surface area contributed by atoms with Gasteiger partial charge in [-0.2, -0.15) is 13.2 Å². The molecular formula is C23H22F3N3S. The van der Waals surface area contributed by atoms with E-state index in [1.807, 2.05) is 18.2 Å². The number of alkyl halides is 3. The lowest BCUT2D eigenvalue weighted by molar-refractivity contribution is -0.140. The molecule has 1 fully saturated rings. The minimum absolute atomic E-state index is 0.104. The summed E-state index contributed by atoms with van der Waals surface area (Å²) in [7, 11) is 1.77. The van der Waals surface area contributed by atoms with E-state index in [0.717, 1.165) is 23.6 Å². The lowest BCUT2D eigenvalue weighted by Gasteiger charge is -2.20. The van der Waals surface area contributed by atoms with E-state index < -0.39 is 11.7 Å². The first-order valence-electron chi connectivity index (χ1n) is 9.92. The van der Waals surface area contributed by atoms with Gasteiger partial charge in [0, 0.05) is 23.8 Å². The van der Waals surface area contributed by atoms with E-state index in [1.165, 1.54) is 31.2 Å². The van der Waals surface area contributed by atoms with Crippen molar-refractivity contribution < 1.29 is 13.2 Å². The van der Waals surface area contributed by atoms with Gasteiger partial charge in [-0.25, -0.2) is 9.97 Å². The van der Waals surface area contributed by atoms with Crippen molar-refractivity contribution >= 4 is 23.4 Å². The number of hydrogen-bond acceptors (Lipinski definition) is 4. The SMILES string of the molecule is CN(c1ccc(C2CCCC2)cc1)c1ncc(C(F)(F)F)c(Sc2ccccc2)n1. The fourth-order valence-corrected chi connectivity index (χ4v) is 4.66. The molecule has 1 heterocycles. The van der Waals surface area contributed by atoms with Gasteiger partial charge in [-0.1, -0.05) is 54.9 Å². The van der Waals surface area contributed by atoms with Crippen molar-refractivity contribution in [2.45, 2.75) is 47.7 Å². The standard InChI is InChI=1S/C23H22F3N3S/c1-29(18-13-11-17(12-14-18)16-7-5-6-8-16)22-27-15-20(23(24,25)26)21(28-22)30-19-9-3-2-4-10-19/h2-4,9-16H,5-8H2,1H3.